The fourth-order valence-electron chi connectivity index (χ4n) is 3.23. The zero-order chi connectivity index (χ0) is 17.4. The average molecular weight is 335 g/mol. The molecule has 1 aromatic carbocycles. The second-order valence-corrected chi connectivity index (χ2v) is 6.42. The van der Waals surface area contributed by atoms with Crippen molar-refractivity contribution in [2.24, 2.45) is 5.92 Å². The third-order valence-corrected chi connectivity index (χ3v) is 4.57. The Balaban J connectivity index is 1.91. The highest BCUT2D eigenvalue weighted by Crippen LogP contribution is 2.35. The molecule has 0 saturated heterocycles. The molecular formula is C19H29NO4. The van der Waals surface area contributed by atoms with Gasteiger partial charge < -0.3 is 19.5 Å². The molecule has 1 aromatic rings. The van der Waals surface area contributed by atoms with Crippen molar-refractivity contribution in [3.8, 4) is 5.75 Å². The Morgan fingerprint density at radius 3 is 2.67 bits per heavy atom. The minimum atomic E-state index is -0.704. The summed E-state index contributed by atoms with van der Waals surface area (Å²) < 4.78 is 16.4. The number of benzene rings is 1. The van der Waals surface area contributed by atoms with Crippen LogP contribution in [-0.4, -0.2) is 38.4 Å². The van der Waals surface area contributed by atoms with Gasteiger partial charge in [-0.25, -0.2) is 0 Å². The number of amides is 1. The number of anilines is 1. The molecule has 0 spiro atoms. The van der Waals surface area contributed by atoms with Crippen molar-refractivity contribution in [2.75, 3.05) is 32.2 Å². The maximum atomic E-state index is 12.7. The number of rotatable bonds is 8. The molecule has 1 amide bonds. The summed E-state index contributed by atoms with van der Waals surface area (Å²) in [5.41, 5.74) is 0.0523. The molecule has 0 aromatic heterocycles. The highest BCUT2D eigenvalue weighted by molar-refractivity contribution is 5.97. The summed E-state index contributed by atoms with van der Waals surface area (Å²) in [6.07, 6.45) is 3.73. The molecule has 0 heterocycles. The summed E-state index contributed by atoms with van der Waals surface area (Å²) in [5.74, 6) is 1.22. The van der Waals surface area contributed by atoms with Crippen LogP contribution in [0.25, 0.3) is 0 Å². The number of carbonyl (C=O) groups is 1. The normalized spacial score (nSPS) is 23.7. The first-order valence-corrected chi connectivity index (χ1v) is 8.77. The van der Waals surface area contributed by atoms with Crippen LogP contribution in [0.15, 0.2) is 24.3 Å². The van der Waals surface area contributed by atoms with E-state index in [1.807, 2.05) is 31.2 Å². The predicted molar refractivity (Wildman–Crippen MR) is 94.4 cm³/mol. The van der Waals surface area contributed by atoms with E-state index in [0.717, 1.165) is 37.1 Å². The van der Waals surface area contributed by atoms with Crippen LogP contribution in [0.4, 0.5) is 5.69 Å². The molecule has 0 bridgehead atoms. The molecule has 1 aliphatic carbocycles. The standard InChI is InChI=1S/C19H29NO4/c1-4-23-12-13-24-17-9-7-16(8-10-17)20-18(21)19(22-3)11-5-6-15(2)14-19/h7-10,15H,4-6,11-14H2,1-3H3,(H,20,21)/t15-,19-/m1/s1. The quantitative estimate of drug-likeness (QED) is 0.737. The lowest BCUT2D eigenvalue weighted by Crippen LogP contribution is -2.47. The third kappa shape index (κ3) is 4.95. The van der Waals surface area contributed by atoms with Gasteiger partial charge in [0.1, 0.15) is 18.0 Å². The van der Waals surface area contributed by atoms with Gasteiger partial charge >= 0.3 is 0 Å². The van der Waals surface area contributed by atoms with Crippen molar-refractivity contribution in [3.05, 3.63) is 24.3 Å². The van der Waals surface area contributed by atoms with Gasteiger partial charge in [-0.3, -0.25) is 4.79 Å². The van der Waals surface area contributed by atoms with Crippen LogP contribution in [0.1, 0.15) is 39.5 Å². The maximum Gasteiger partial charge on any atom is 0.256 e. The van der Waals surface area contributed by atoms with Crippen LogP contribution in [0.3, 0.4) is 0 Å². The SMILES string of the molecule is CCOCCOc1ccc(NC(=O)[C@@]2(OC)CCC[C@@H](C)C2)cc1. The first-order chi connectivity index (χ1) is 11.6. The lowest BCUT2D eigenvalue weighted by atomic mass is 9.78. The number of ether oxygens (including phenoxy) is 3. The highest BCUT2D eigenvalue weighted by atomic mass is 16.5. The van der Waals surface area contributed by atoms with E-state index >= 15 is 0 Å². The molecule has 1 fully saturated rings. The van der Waals surface area contributed by atoms with Gasteiger partial charge in [0.25, 0.3) is 5.91 Å². The number of nitrogens with one attached hydrogen (secondary N) is 1. The molecule has 134 valence electrons. The minimum Gasteiger partial charge on any atom is -0.491 e. The fraction of sp³-hybridized carbons (Fsp3) is 0.632. The van der Waals surface area contributed by atoms with Crippen molar-refractivity contribution < 1.29 is 19.0 Å². The first-order valence-electron chi connectivity index (χ1n) is 8.77. The molecule has 5 nitrogen and oxygen atoms in total. The third-order valence-electron chi connectivity index (χ3n) is 4.57. The van der Waals surface area contributed by atoms with Crippen LogP contribution in [0, 0.1) is 5.92 Å². The Morgan fingerprint density at radius 2 is 2.04 bits per heavy atom. The van der Waals surface area contributed by atoms with Crippen molar-refractivity contribution in [2.45, 2.75) is 45.1 Å². The smallest absolute Gasteiger partial charge is 0.256 e. The van der Waals surface area contributed by atoms with E-state index in [0.29, 0.717) is 25.7 Å². The van der Waals surface area contributed by atoms with Crippen LogP contribution in [0.2, 0.25) is 0 Å². The zero-order valence-corrected chi connectivity index (χ0v) is 15.0. The summed E-state index contributed by atoms with van der Waals surface area (Å²) in [6, 6.07) is 7.40. The predicted octanol–water partition coefficient (Wildman–Crippen LogP) is 3.64. The Labute approximate surface area is 144 Å². The molecular weight excluding hydrogens is 306 g/mol. The second kappa shape index (κ2) is 9.04. The van der Waals surface area contributed by atoms with E-state index in [2.05, 4.69) is 12.2 Å². The minimum absolute atomic E-state index is 0.0541. The largest absolute Gasteiger partial charge is 0.491 e. The molecule has 1 N–H and O–H groups in total. The van der Waals surface area contributed by atoms with E-state index in [-0.39, 0.29) is 5.91 Å². The average Bonchev–Trinajstić information content (AvgIpc) is 2.60. The van der Waals surface area contributed by atoms with Gasteiger partial charge in [0.05, 0.1) is 6.61 Å². The summed E-state index contributed by atoms with van der Waals surface area (Å²) in [5, 5.41) is 2.98. The van der Waals surface area contributed by atoms with Crippen molar-refractivity contribution >= 4 is 11.6 Å². The van der Waals surface area contributed by atoms with Crippen molar-refractivity contribution in [1.29, 1.82) is 0 Å². The van der Waals surface area contributed by atoms with E-state index in [1.165, 1.54) is 0 Å². The molecule has 1 aliphatic rings. The van der Waals surface area contributed by atoms with Crippen LogP contribution in [-0.2, 0) is 14.3 Å². The van der Waals surface area contributed by atoms with Gasteiger partial charge in [-0.05, 0) is 56.4 Å². The Bertz CT molecular complexity index is 517. The van der Waals surface area contributed by atoms with E-state index in [9.17, 15) is 4.79 Å². The molecule has 1 saturated carbocycles. The summed E-state index contributed by atoms with van der Waals surface area (Å²) in [4.78, 5) is 12.7. The molecule has 0 aliphatic heterocycles. The van der Waals surface area contributed by atoms with Gasteiger partial charge in [0.2, 0.25) is 0 Å². The lowest BCUT2D eigenvalue weighted by molar-refractivity contribution is -0.143. The molecule has 2 rings (SSSR count). The van der Waals surface area contributed by atoms with Crippen LogP contribution >= 0.6 is 0 Å². The van der Waals surface area contributed by atoms with Gasteiger partial charge in [-0.15, -0.1) is 0 Å². The summed E-state index contributed by atoms with van der Waals surface area (Å²) >= 11 is 0. The highest BCUT2D eigenvalue weighted by Gasteiger charge is 2.41. The lowest BCUT2D eigenvalue weighted by Gasteiger charge is -2.37. The second-order valence-electron chi connectivity index (χ2n) is 6.42. The maximum absolute atomic E-state index is 12.7. The molecule has 0 unspecified atom stereocenters. The van der Waals surface area contributed by atoms with E-state index in [1.54, 1.807) is 7.11 Å². The van der Waals surface area contributed by atoms with Gasteiger partial charge in [0.15, 0.2) is 0 Å². The summed E-state index contributed by atoms with van der Waals surface area (Å²) in [6.45, 7) is 5.91. The van der Waals surface area contributed by atoms with Gasteiger partial charge in [0, 0.05) is 19.4 Å². The van der Waals surface area contributed by atoms with Crippen molar-refractivity contribution in [3.63, 3.8) is 0 Å². The first kappa shape index (κ1) is 18.7. The topological polar surface area (TPSA) is 56.8 Å². The molecule has 5 heteroatoms. The fourth-order valence-corrected chi connectivity index (χ4v) is 3.23. The number of hydrogen-bond donors (Lipinski definition) is 1. The van der Waals surface area contributed by atoms with Crippen LogP contribution < -0.4 is 10.1 Å². The Morgan fingerprint density at radius 1 is 1.29 bits per heavy atom. The number of hydrogen-bond acceptors (Lipinski definition) is 4. The monoisotopic (exact) mass is 335 g/mol. The zero-order valence-electron chi connectivity index (χ0n) is 15.0. The van der Waals surface area contributed by atoms with E-state index in [4.69, 9.17) is 14.2 Å². The van der Waals surface area contributed by atoms with Gasteiger partial charge in [-0.1, -0.05) is 13.3 Å². The molecule has 2 atom stereocenters. The van der Waals surface area contributed by atoms with Crippen molar-refractivity contribution in [1.82, 2.24) is 0 Å². The Kier molecular flexibility index (Phi) is 7.06. The number of carbonyl (C=O) groups excluding carboxylic acids is 1. The molecule has 0 radical (unpaired) electrons. The van der Waals surface area contributed by atoms with Gasteiger partial charge in [-0.2, -0.15) is 0 Å². The molecule has 24 heavy (non-hydrogen) atoms. The Hall–Kier alpha value is -1.59. The van der Waals surface area contributed by atoms with E-state index < -0.39 is 5.60 Å². The summed E-state index contributed by atoms with van der Waals surface area (Å²) in [7, 11) is 1.63. The van der Waals surface area contributed by atoms with Crippen LogP contribution in [0.5, 0.6) is 5.75 Å². The number of methoxy groups -OCH3 is 1.